The van der Waals surface area contributed by atoms with Gasteiger partial charge in [0.2, 0.25) is 6.39 Å². The molecule has 0 aliphatic heterocycles. The van der Waals surface area contributed by atoms with Crippen LogP contribution < -0.4 is 5.32 Å². The van der Waals surface area contributed by atoms with Crippen molar-refractivity contribution in [3.05, 3.63) is 83.5 Å². The summed E-state index contributed by atoms with van der Waals surface area (Å²) in [5, 5.41) is 7.36. The summed E-state index contributed by atoms with van der Waals surface area (Å²) in [5.41, 5.74) is 3.73. The minimum Gasteiger partial charge on any atom is -0.343 e. The maximum Gasteiger partial charge on any atom is 0.213 e. The molecule has 1 aromatic heterocycles. The number of rotatable bonds is 5. The fourth-order valence-electron chi connectivity index (χ4n) is 2.43. The first-order chi connectivity index (χ1) is 10.3. The highest BCUT2D eigenvalue weighted by Crippen LogP contribution is 2.24. The highest BCUT2D eigenvalue weighted by Gasteiger charge is 2.15. The van der Waals surface area contributed by atoms with Gasteiger partial charge >= 0.3 is 0 Å². The Morgan fingerprint density at radius 2 is 1.81 bits per heavy atom. The molecule has 0 radical (unpaired) electrons. The van der Waals surface area contributed by atoms with E-state index in [2.05, 4.69) is 70.9 Å². The Hall–Kier alpha value is -2.46. The molecule has 106 valence electrons. The first-order valence-electron chi connectivity index (χ1n) is 6.93. The van der Waals surface area contributed by atoms with Gasteiger partial charge in [-0.2, -0.15) is 4.98 Å². The molecule has 0 saturated heterocycles. The number of hydrogen-bond acceptors (Lipinski definition) is 4. The quantitative estimate of drug-likeness (QED) is 0.779. The summed E-state index contributed by atoms with van der Waals surface area (Å²) in [7, 11) is 0. The molecule has 0 aliphatic carbocycles. The zero-order chi connectivity index (χ0) is 14.5. The molecule has 1 N–H and O–H groups in total. The van der Waals surface area contributed by atoms with Crippen LogP contribution in [0.15, 0.2) is 65.5 Å². The topological polar surface area (TPSA) is 51.0 Å². The fraction of sp³-hybridized carbons (Fsp3) is 0.176. The maximum absolute atomic E-state index is 4.78. The molecule has 21 heavy (non-hydrogen) atoms. The monoisotopic (exact) mass is 279 g/mol. The molecule has 3 aromatic rings. The summed E-state index contributed by atoms with van der Waals surface area (Å²) >= 11 is 0. The van der Waals surface area contributed by atoms with Crippen LogP contribution in [0.4, 0.5) is 0 Å². The Morgan fingerprint density at radius 3 is 2.52 bits per heavy atom. The van der Waals surface area contributed by atoms with E-state index < -0.39 is 0 Å². The van der Waals surface area contributed by atoms with E-state index >= 15 is 0 Å². The number of nitrogens with one attached hydrogen (secondary N) is 1. The van der Waals surface area contributed by atoms with Crippen molar-refractivity contribution < 1.29 is 4.52 Å². The van der Waals surface area contributed by atoms with Crippen molar-refractivity contribution in [2.75, 3.05) is 0 Å². The molecule has 4 heteroatoms. The number of benzene rings is 2. The number of aryl methyl sites for hydroxylation is 1. The largest absolute Gasteiger partial charge is 0.343 e. The van der Waals surface area contributed by atoms with Crippen molar-refractivity contribution >= 4 is 0 Å². The zero-order valence-electron chi connectivity index (χ0n) is 11.9. The van der Waals surface area contributed by atoms with Gasteiger partial charge in [0.05, 0.1) is 12.6 Å². The highest BCUT2D eigenvalue weighted by molar-refractivity contribution is 5.36. The lowest BCUT2D eigenvalue weighted by Crippen LogP contribution is -2.23. The molecule has 1 heterocycles. The fourth-order valence-corrected chi connectivity index (χ4v) is 2.43. The van der Waals surface area contributed by atoms with Crippen molar-refractivity contribution in [1.82, 2.24) is 15.5 Å². The second kappa shape index (κ2) is 6.33. The lowest BCUT2D eigenvalue weighted by Gasteiger charge is -2.21. The molecule has 4 nitrogen and oxygen atoms in total. The molecular weight excluding hydrogens is 262 g/mol. The van der Waals surface area contributed by atoms with Gasteiger partial charge in [0, 0.05) is 0 Å². The van der Waals surface area contributed by atoms with E-state index in [-0.39, 0.29) is 6.04 Å². The Kier molecular flexibility index (Phi) is 4.07. The number of hydrogen-bond donors (Lipinski definition) is 1. The van der Waals surface area contributed by atoms with Crippen LogP contribution in [0.1, 0.15) is 28.6 Å². The van der Waals surface area contributed by atoms with Crippen molar-refractivity contribution in [2.24, 2.45) is 0 Å². The average molecular weight is 279 g/mol. The lowest BCUT2D eigenvalue weighted by atomic mass is 9.95. The third-order valence-electron chi connectivity index (χ3n) is 3.50. The maximum atomic E-state index is 4.78. The average Bonchev–Trinajstić information content (AvgIpc) is 3.04. The van der Waals surface area contributed by atoms with Crippen LogP contribution in [0, 0.1) is 6.92 Å². The molecule has 0 spiro atoms. The molecule has 0 aliphatic rings. The van der Waals surface area contributed by atoms with Crippen LogP contribution in [-0.2, 0) is 6.54 Å². The highest BCUT2D eigenvalue weighted by atomic mass is 16.5. The van der Waals surface area contributed by atoms with Crippen LogP contribution in [0.2, 0.25) is 0 Å². The minimum atomic E-state index is 0.103. The second-order valence-electron chi connectivity index (χ2n) is 4.93. The van der Waals surface area contributed by atoms with Gasteiger partial charge in [0.1, 0.15) is 0 Å². The second-order valence-corrected chi connectivity index (χ2v) is 4.93. The van der Waals surface area contributed by atoms with Gasteiger partial charge in [-0.3, -0.25) is 5.32 Å². The van der Waals surface area contributed by atoms with Gasteiger partial charge in [-0.25, -0.2) is 0 Å². The Balaban J connectivity index is 1.90. The molecule has 3 rings (SSSR count). The number of aromatic nitrogens is 2. The Bertz CT molecular complexity index is 680. The first kappa shape index (κ1) is 13.5. The van der Waals surface area contributed by atoms with Crippen molar-refractivity contribution in [2.45, 2.75) is 19.5 Å². The van der Waals surface area contributed by atoms with Crippen LogP contribution in [-0.4, -0.2) is 10.1 Å². The van der Waals surface area contributed by atoms with Crippen LogP contribution >= 0.6 is 0 Å². The van der Waals surface area contributed by atoms with E-state index in [1.54, 1.807) is 0 Å². The first-order valence-corrected chi connectivity index (χ1v) is 6.93. The molecule has 1 atom stereocenters. The van der Waals surface area contributed by atoms with E-state index in [1.807, 2.05) is 6.07 Å². The van der Waals surface area contributed by atoms with Gasteiger partial charge < -0.3 is 4.52 Å². The van der Waals surface area contributed by atoms with Crippen LogP contribution in [0.5, 0.6) is 0 Å². The van der Waals surface area contributed by atoms with E-state index in [9.17, 15) is 0 Å². The third-order valence-corrected chi connectivity index (χ3v) is 3.50. The molecule has 0 fully saturated rings. The summed E-state index contributed by atoms with van der Waals surface area (Å²) in [6.07, 6.45) is 1.35. The van der Waals surface area contributed by atoms with Crippen molar-refractivity contribution in [1.29, 1.82) is 0 Å². The summed E-state index contributed by atoms with van der Waals surface area (Å²) in [4.78, 5) is 4.06. The van der Waals surface area contributed by atoms with Gasteiger partial charge in [-0.05, 0) is 23.6 Å². The van der Waals surface area contributed by atoms with E-state index in [1.165, 1.54) is 23.1 Å². The molecule has 0 saturated carbocycles. The van der Waals surface area contributed by atoms with Crippen LogP contribution in [0.25, 0.3) is 0 Å². The Labute approximate surface area is 123 Å². The predicted molar refractivity (Wildman–Crippen MR) is 80.6 cm³/mol. The summed E-state index contributed by atoms with van der Waals surface area (Å²) in [6, 6.07) is 18.9. The third kappa shape index (κ3) is 3.17. The summed E-state index contributed by atoms with van der Waals surface area (Å²) in [6.45, 7) is 2.69. The molecule has 2 aromatic carbocycles. The lowest BCUT2D eigenvalue weighted by molar-refractivity contribution is 0.406. The standard InChI is InChI=1S/C17H17N3O/c1-13-7-5-6-10-15(13)17(14-8-3-2-4-9-14)18-11-16-19-12-21-20-16/h2-10,12,17-18H,11H2,1H3. The Morgan fingerprint density at radius 1 is 1.05 bits per heavy atom. The SMILES string of the molecule is Cc1ccccc1C(NCc1ncon1)c1ccccc1. The summed E-state index contributed by atoms with van der Waals surface area (Å²) < 4.78 is 4.78. The number of nitrogens with zero attached hydrogens (tertiary/aromatic N) is 2. The van der Waals surface area contributed by atoms with Gasteiger partial charge in [-0.15, -0.1) is 0 Å². The van der Waals surface area contributed by atoms with E-state index in [4.69, 9.17) is 4.52 Å². The van der Waals surface area contributed by atoms with Gasteiger partial charge in [-0.1, -0.05) is 59.8 Å². The van der Waals surface area contributed by atoms with Crippen molar-refractivity contribution in [3.8, 4) is 0 Å². The van der Waals surface area contributed by atoms with E-state index in [0.717, 1.165) is 0 Å². The molecule has 1 unspecified atom stereocenters. The predicted octanol–water partition coefficient (Wildman–Crippen LogP) is 3.26. The molecule has 0 amide bonds. The molecule has 0 bridgehead atoms. The zero-order valence-corrected chi connectivity index (χ0v) is 11.9. The van der Waals surface area contributed by atoms with Crippen LogP contribution in [0.3, 0.4) is 0 Å². The van der Waals surface area contributed by atoms with Crippen molar-refractivity contribution in [3.63, 3.8) is 0 Å². The summed E-state index contributed by atoms with van der Waals surface area (Å²) in [5.74, 6) is 0.657. The normalized spacial score (nSPS) is 12.2. The molecular formula is C17H17N3O. The smallest absolute Gasteiger partial charge is 0.213 e. The van der Waals surface area contributed by atoms with E-state index in [0.29, 0.717) is 12.4 Å². The van der Waals surface area contributed by atoms with Gasteiger partial charge in [0.15, 0.2) is 5.82 Å². The minimum absolute atomic E-state index is 0.103. The van der Waals surface area contributed by atoms with Gasteiger partial charge in [0.25, 0.3) is 0 Å².